The summed E-state index contributed by atoms with van der Waals surface area (Å²) >= 11 is 0. The van der Waals surface area contributed by atoms with Crippen LogP contribution >= 0.6 is 0 Å². The molecule has 0 atom stereocenters. The van der Waals surface area contributed by atoms with Gasteiger partial charge in [0.25, 0.3) is 6.43 Å². The number of aryl methyl sites for hydroxylation is 1. The molecular weight excluding hydrogens is 343 g/mol. The van der Waals surface area contributed by atoms with Crippen molar-refractivity contribution in [3.05, 3.63) is 71.8 Å². The molecule has 0 aliphatic carbocycles. The summed E-state index contributed by atoms with van der Waals surface area (Å²) < 4.78 is 40.7. The number of aromatic nitrogens is 2. The number of amides is 1. The van der Waals surface area contributed by atoms with Gasteiger partial charge < -0.3 is 5.32 Å². The van der Waals surface area contributed by atoms with E-state index in [0.717, 1.165) is 0 Å². The van der Waals surface area contributed by atoms with Crippen molar-refractivity contribution in [3.63, 3.8) is 0 Å². The van der Waals surface area contributed by atoms with Gasteiger partial charge in [-0.1, -0.05) is 30.3 Å². The molecule has 0 aliphatic rings. The highest BCUT2D eigenvalue weighted by Gasteiger charge is 2.20. The Labute approximate surface area is 148 Å². The Balaban J connectivity index is 1.83. The van der Waals surface area contributed by atoms with Crippen molar-refractivity contribution in [1.29, 1.82) is 0 Å². The summed E-state index contributed by atoms with van der Waals surface area (Å²) in [6.07, 6.45) is -1.58. The number of hydrogen-bond donors (Lipinski definition) is 1. The molecule has 1 N–H and O–H groups in total. The molecule has 0 saturated heterocycles. The normalized spacial score (nSPS) is 11.0. The lowest BCUT2D eigenvalue weighted by Crippen LogP contribution is -2.15. The minimum absolute atomic E-state index is 0.170. The average molecular weight is 359 g/mol. The molecule has 0 saturated carbocycles. The molecule has 0 fully saturated rings. The number of rotatable bonds is 5. The summed E-state index contributed by atoms with van der Waals surface area (Å²) in [4.78, 5) is 12.3. The van der Waals surface area contributed by atoms with Crippen LogP contribution in [0.1, 0.15) is 17.7 Å². The van der Waals surface area contributed by atoms with Crippen molar-refractivity contribution >= 4 is 11.6 Å². The van der Waals surface area contributed by atoms with Crippen LogP contribution in [0.5, 0.6) is 0 Å². The van der Waals surface area contributed by atoms with E-state index in [1.54, 1.807) is 36.4 Å². The van der Waals surface area contributed by atoms with Gasteiger partial charge in [-0.25, -0.2) is 13.2 Å². The van der Waals surface area contributed by atoms with Gasteiger partial charge in [-0.05, 0) is 23.8 Å². The van der Waals surface area contributed by atoms with E-state index in [0.29, 0.717) is 16.8 Å². The van der Waals surface area contributed by atoms with Gasteiger partial charge in [0.05, 0.1) is 6.42 Å². The van der Waals surface area contributed by atoms with E-state index in [2.05, 4.69) is 10.4 Å². The number of hydrogen-bond acceptors (Lipinski definition) is 2. The fourth-order valence-corrected chi connectivity index (χ4v) is 2.74. The molecule has 1 amide bonds. The Morgan fingerprint density at radius 2 is 1.96 bits per heavy atom. The summed E-state index contributed by atoms with van der Waals surface area (Å²) in [5.74, 6) is -0.843. The molecule has 7 heteroatoms. The van der Waals surface area contributed by atoms with Crippen molar-refractivity contribution < 1.29 is 18.0 Å². The number of anilines is 1. The first kappa shape index (κ1) is 17.7. The van der Waals surface area contributed by atoms with Gasteiger partial charge in [-0.15, -0.1) is 0 Å². The molecule has 3 rings (SSSR count). The number of alkyl halides is 2. The predicted molar refractivity (Wildman–Crippen MR) is 92.3 cm³/mol. The van der Waals surface area contributed by atoms with Gasteiger partial charge in [0.1, 0.15) is 11.5 Å². The number of carbonyl (C=O) groups excluding carboxylic acids is 1. The molecule has 2 aromatic carbocycles. The summed E-state index contributed by atoms with van der Waals surface area (Å²) in [7, 11) is 1.52. The molecule has 0 aliphatic heterocycles. The lowest BCUT2D eigenvalue weighted by molar-refractivity contribution is -0.115. The molecule has 0 bridgehead atoms. The summed E-state index contributed by atoms with van der Waals surface area (Å²) in [6.45, 7) is 0. The Bertz CT molecular complexity index is 937. The Morgan fingerprint density at radius 1 is 1.19 bits per heavy atom. The first-order valence-corrected chi connectivity index (χ1v) is 7.89. The molecule has 3 aromatic rings. The molecular formula is C19H16F3N3O. The van der Waals surface area contributed by atoms with Crippen molar-refractivity contribution in [1.82, 2.24) is 9.78 Å². The largest absolute Gasteiger partial charge is 0.325 e. The Morgan fingerprint density at radius 3 is 2.69 bits per heavy atom. The van der Waals surface area contributed by atoms with Crippen LogP contribution in [-0.2, 0) is 18.3 Å². The van der Waals surface area contributed by atoms with Gasteiger partial charge >= 0.3 is 0 Å². The van der Waals surface area contributed by atoms with Crippen LogP contribution < -0.4 is 5.32 Å². The van der Waals surface area contributed by atoms with E-state index in [1.807, 2.05) is 0 Å². The van der Waals surface area contributed by atoms with Crippen LogP contribution in [0, 0.1) is 5.82 Å². The molecule has 134 valence electrons. The number of para-hydroxylation sites is 1. The van der Waals surface area contributed by atoms with E-state index in [4.69, 9.17) is 0 Å². The van der Waals surface area contributed by atoms with Gasteiger partial charge in [0, 0.05) is 30.1 Å². The number of nitrogens with zero attached hydrogens (tertiary/aromatic N) is 2. The van der Waals surface area contributed by atoms with Crippen molar-refractivity contribution in [2.75, 3.05) is 5.32 Å². The maximum Gasteiger partial charge on any atom is 0.282 e. The van der Waals surface area contributed by atoms with Gasteiger partial charge in [0.2, 0.25) is 5.91 Å². The predicted octanol–water partition coefficient (Wildman–Crippen LogP) is 4.35. The number of carbonyl (C=O) groups is 1. The highest BCUT2D eigenvalue weighted by atomic mass is 19.3. The topological polar surface area (TPSA) is 46.9 Å². The maximum atomic E-state index is 13.5. The van der Waals surface area contributed by atoms with Gasteiger partial charge in [0.15, 0.2) is 0 Å². The van der Waals surface area contributed by atoms with Gasteiger partial charge in [-0.2, -0.15) is 5.10 Å². The van der Waals surface area contributed by atoms with E-state index >= 15 is 0 Å². The SMILES string of the molecule is Cn1cc(CC(=O)Nc2ccccc2-c2cccc(F)c2)c(C(F)F)n1. The highest BCUT2D eigenvalue weighted by Crippen LogP contribution is 2.28. The average Bonchev–Trinajstić information content (AvgIpc) is 2.96. The third kappa shape index (κ3) is 3.93. The van der Waals surface area contributed by atoms with E-state index < -0.39 is 18.0 Å². The van der Waals surface area contributed by atoms with Crippen LogP contribution in [-0.4, -0.2) is 15.7 Å². The third-order valence-corrected chi connectivity index (χ3v) is 3.83. The van der Waals surface area contributed by atoms with Crippen LogP contribution in [0.4, 0.5) is 18.9 Å². The quantitative estimate of drug-likeness (QED) is 0.736. The third-order valence-electron chi connectivity index (χ3n) is 3.83. The fourth-order valence-electron chi connectivity index (χ4n) is 2.74. The van der Waals surface area contributed by atoms with E-state index in [9.17, 15) is 18.0 Å². The lowest BCUT2D eigenvalue weighted by Gasteiger charge is -2.11. The smallest absolute Gasteiger partial charge is 0.282 e. The minimum atomic E-state index is -2.75. The summed E-state index contributed by atoms with van der Waals surface area (Å²) in [6, 6.07) is 12.9. The Hall–Kier alpha value is -3.09. The zero-order valence-corrected chi connectivity index (χ0v) is 13.9. The van der Waals surface area contributed by atoms with Crippen molar-refractivity contribution in [3.8, 4) is 11.1 Å². The zero-order chi connectivity index (χ0) is 18.7. The standard InChI is InChI=1S/C19H16F3N3O/c1-25-11-13(18(24-25)19(21)22)10-17(26)23-16-8-3-2-7-15(16)12-5-4-6-14(20)9-12/h2-9,11,19H,10H2,1H3,(H,23,26). The molecule has 1 aromatic heterocycles. The Kier molecular flexibility index (Phi) is 5.06. The van der Waals surface area contributed by atoms with Crippen LogP contribution in [0.3, 0.4) is 0 Å². The second-order valence-corrected chi connectivity index (χ2v) is 5.79. The molecule has 1 heterocycles. The first-order chi connectivity index (χ1) is 12.4. The highest BCUT2D eigenvalue weighted by molar-refractivity contribution is 5.96. The van der Waals surface area contributed by atoms with Crippen LogP contribution in [0.25, 0.3) is 11.1 Å². The molecule has 26 heavy (non-hydrogen) atoms. The van der Waals surface area contributed by atoms with Crippen molar-refractivity contribution in [2.24, 2.45) is 7.05 Å². The molecule has 0 spiro atoms. The number of benzene rings is 2. The maximum absolute atomic E-state index is 13.5. The van der Waals surface area contributed by atoms with Crippen LogP contribution in [0.2, 0.25) is 0 Å². The summed E-state index contributed by atoms with van der Waals surface area (Å²) in [5.41, 5.74) is 1.49. The molecule has 0 radical (unpaired) electrons. The van der Waals surface area contributed by atoms with Crippen LogP contribution in [0.15, 0.2) is 54.7 Å². The summed E-state index contributed by atoms with van der Waals surface area (Å²) in [5, 5.41) is 6.40. The monoisotopic (exact) mass is 359 g/mol. The van der Waals surface area contributed by atoms with Gasteiger partial charge in [-0.3, -0.25) is 9.48 Å². The second-order valence-electron chi connectivity index (χ2n) is 5.79. The second kappa shape index (κ2) is 7.43. The lowest BCUT2D eigenvalue weighted by atomic mass is 10.0. The van der Waals surface area contributed by atoms with E-state index in [1.165, 1.54) is 30.1 Å². The van der Waals surface area contributed by atoms with Crippen molar-refractivity contribution in [2.45, 2.75) is 12.8 Å². The van der Waals surface area contributed by atoms with E-state index in [-0.39, 0.29) is 17.8 Å². The zero-order valence-electron chi connectivity index (χ0n) is 13.9. The molecule has 4 nitrogen and oxygen atoms in total. The fraction of sp³-hybridized carbons (Fsp3) is 0.158. The number of halogens is 3. The first-order valence-electron chi connectivity index (χ1n) is 7.89. The number of nitrogens with one attached hydrogen (secondary N) is 1. The molecule has 0 unspecified atom stereocenters. The minimum Gasteiger partial charge on any atom is -0.325 e.